The Kier molecular flexibility index (Phi) is 7.78. The molecular formula is C12H20O3. The molecule has 0 aromatic carbocycles. The molecule has 0 aliphatic heterocycles. The highest BCUT2D eigenvalue weighted by molar-refractivity contribution is 5.81. The molecule has 0 radical (unpaired) electrons. The van der Waals surface area contributed by atoms with Gasteiger partial charge in [0.15, 0.2) is 0 Å². The topological polar surface area (TPSA) is 51.2 Å². The molecule has 3 heteroatoms. The average molecular weight is 212 g/mol. The summed E-state index contributed by atoms with van der Waals surface area (Å²) in [4.78, 5) is 32.8. The standard InChI is InChI=1S/C12H20O3/c1-3-11(14)7-5-9-12(15)8-4-6-10(2)13/h3-9H2,1-2H3. The van der Waals surface area contributed by atoms with Crippen LogP contribution in [0.4, 0.5) is 0 Å². The number of carbonyl (C=O) groups is 3. The maximum absolute atomic E-state index is 11.3. The fraction of sp³-hybridized carbons (Fsp3) is 0.750. The van der Waals surface area contributed by atoms with Crippen LogP contribution >= 0.6 is 0 Å². The predicted molar refractivity (Wildman–Crippen MR) is 58.7 cm³/mol. The van der Waals surface area contributed by atoms with Gasteiger partial charge in [0.1, 0.15) is 17.3 Å². The highest BCUT2D eigenvalue weighted by atomic mass is 16.1. The van der Waals surface area contributed by atoms with Gasteiger partial charge in [0.05, 0.1) is 0 Å². The lowest BCUT2D eigenvalue weighted by atomic mass is 10.0. The number of ketones is 3. The summed E-state index contributed by atoms with van der Waals surface area (Å²) in [6, 6.07) is 0. The Morgan fingerprint density at radius 1 is 0.800 bits per heavy atom. The lowest BCUT2D eigenvalue weighted by Crippen LogP contribution is -2.02. The van der Waals surface area contributed by atoms with Gasteiger partial charge in [-0.15, -0.1) is 0 Å². The van der Waals surface area contributed by atoms with E-state index in [0.717, 1.165) is 0 Å². The summed E-state index contributed by atoms with van der Waals surface area (Å²) in [6.45, 7) is 3.36. The number of hydrogen-bond acceptors (Lipinski definition) is 3. The van der Waals surface area contributed by atoms with Gasteiger partial charge in [-0.3, -0.25) is 9.59 Å². The Bertz CT molecular complexity index is 231. The van der Waals surface area contributed by atoms with Crippen LogP contribution in [-0.2, 0) is 14.4 Å². The Hall–Kier alpha value is -0.990. The first-order valence-corrected chi connectivity index (χ1v) is 5.59. The number of hydrogen-bond donors (Lipinski definition) is 0. The summed E-state index contributed by atoms with van der Waals surface area (Å²) < 4.78 is 0. The fourth-order valence-corrected chi connectivity index (χ4v) is 1.32. The summed E-state index contributed by atoms with van der Waals surface area (Å²) in [5, 5.41) is 0. The van der Waals surface area contributed by atoms with Gasteiger partial charge >= 0.3 is 0 Å². The van der Waals surface area contributed by atoms with Crippen molar-refractivity contribution in [2.75, 3.05) is 0 Å². The van der Waals surface area contributed by atoms with Gasteiger partial charge in [-0.05, 0) is 19.8 Å². The molecule has 0 spiro atoms. The fourth-order valence-electron chi connectivity index (χ4n) is 1.32. The van der Waals surface area contributed by atoms with E-state index in [1.165, 1.54) is 6.92 Å². The minimum absolute atomic E-state index is 0.129. The minimum atomic E-state index is 0.129. The zero-order valence-electron chi connectivity index (χ0n) is 9.67. The summed E-state index contributed by atoms with van der Waals surface area (Å²) in [5.41, 5.74) is 0. The van der Waals surface area contributed by atoms with E-state index < -0.39 is 0 Å². The van der Waals surface area contributed by atoms with E-state index in [1.807, 2.05) is 6.92 Å². The Morgan fingerprint density at radius 3 is 1.73 bits per heavy atom. The maximum Gasteiger partial charge on any atom is 0.132 e. The second-order valence-corrected chi connectivity index (χ2v) is 3.84. The normalized spacial score (nSPS) is 10.0. The third kappa shape index (κ3) is 9.32. The molecule has 0 rings (SSSR count). The zero-order valence-corrected chi connectivity index (χ0v) is 9.67. The lowest BCUT2D eigenvalue weighted by Gasteiger charge is -1.99. The quantitative estimate of drug-likeness (QED) is 0.590. The Balaban J connectivity index is 3.41. The summed E-state index contributed by atoms with van der Waals surface area (Å²) in [7, 11) is 0. The van der Waals surface area contributed by atoms with Crippen LogP contribution in [0.2, 0.25) is 0 Å². The van der Waals surface area contributed by atoms with E-state index in [-0.39, 0.29) is 17.3 Å². The number of carbonyl (C=O) groups excluding carboxylic acids is 3. The second kappa shape index (κ2) is 8.33. The van der Waals surface area contributed by atoms with E-state index in [4.69, 9.17) is 0 Å². The molecule has 0 saturated heterocycles. The van der Waals surface area contributed by atoms with Crippen molar-refractivity contribution in [3.63, 3.8) is 0 Å². The first kappa shape index (κ1) is 14.0. The molecule has 0 fully saturated rings. The van der Waals surface area contributed by atoms with Crippen LogP contribution in [0.1, 0.15) is 58.8 Å². The molecule has 0 heterocycles. The van der Waals surface area contributed by atoms with Crippen LogP contribution in [0.15, 0.2) is 0 Å². The van der Waals surface area contributed by atoms with Crippen molar-refractivity contribution in [3.8, 4) is 0 Å². The average Bonchev–Trinajstić information content (AvgIpc) is 2.17. The van der Waals surface area contributed by atoms with Crippen molar-refractivity contribution in [2.45, 2.75) is 58.8 Å². The Labute approximate surface area is 91.2 Å². The first-order chi connectivity index (χ1) is 7.06. The molecule has 0 atom stereocenters. The van der Waals surface area contributed by atoms with Gasteiger partial charge in [-0.2, -0.15) is 0 Å². The van der Waals surface area contributed by atoms with E-state index in [1.54, 1.807) is 0 Å². The molecule has 0 amide bonds. The smallest absolute Gasteiger partial charge is 0.132 e. The molecule has 0 saturated carbocycles. The largest absolute Gasteiger partial charge is 0.300 e. The molecule has 0 bridgehead atoms. The molecular weight excluding hydrogens is 192 g/mol. The van der Waals surface area contributed by atoms with Crippen molar-refractivity contribution in [3.05, 3.63) is 0 Å². The second-order valence-electron chi connectivity index (χ2n) is 3.84. The van der Waals surface area contributed by atoms with Crippen molar-refractivity contribution < 1.29 is 14.4 Å². The molecule has 0 aromatic rings. The SMILES string of the molecule is CCC(=O)CCCC(=O)CCCC(C)=O. The van der Waals surface area contributed by atoms with Crippen LogP contribution in [0.5, 0.6) is 0 Å². The van der Waals surface area contributed by atoms with Crippen LogP contribution in [-0.4, -0.2) is 17.3 Å². The van der Waals surface area contributed by atoms with Crippen molar-refractivity contribution in [1.82, 2.24) is 0 Å². The van der Waals surface area contributed by atoms with Gasteiger partial charge in [0.2, 0.25) is 0 Å². The zero-order chi connectivity index (χ0) is 11.7. The van der Waals surface area contributed by atoms with E-state index >= 15 is 0 Å². The molecule has 0 aliphatic carbocycles. The predicted octanol–water partition coefficient (Wildman–Crippen LogP) is 2.46. The highest BCUT2D eigenvalue weighted by Crippen LogP contribution is 2.05. The van der Waals surface area contributed by atoms with Crippen molar-refractivity contribution in [1.29, 1.82) is 0 Å². The van der Waals surface area contributed by atoms with Gasteiger partial charge in [0.25, 0.3) is 0 Å². The number of rotatable bonds is 9. The molecule has 86 valence electrons. The van der Waals surface area contributed by atoms with Crippen LogP contribution in [0.25, 0.3) is 0 Å². The van der Waals surface area contributed by atoms with E-state index in [2.05, 4.69) is 0 Å². The molecule has 3 nitrogen and oxygen atoms in total. The molecule has 0 aromatic heterocycles. The van der Waals surface area contributed by atoms with E-state index in [0.29, 0.717) is 44.9 Å². The summed E-state index contributed by atoms with van der Waals surface area (Å²) in [5.74, 6) is 0.510. The van der Waals surface area contributed by atoms with Crippen LogP contribution in [0.3, 0.4) is 0 Å². The third-order valence-corrected chi connectivity index (χ3v) is 2.29. The molecule has 15 heavy (non-hydrogen) atoms. The summed E-state index contributed by atoms with van der Waals surface area (Å²) >= 11 is 0. The summed E-state index contributed by atoms with van der Waals surface area (Å²) in [6.07, 6.45) is 3.80. The van der Waals surface area contributed by atoms with Gasteiger partial charge in [-0.25, -0.2) is 0 Å². The monoisotopic (exact) mass is 212 g/mol. The molecule has 0 N–H and O–H groups in total. The third-order valence-electron chi connectivity index (χ3n) is 2.29. The Morgan fingerprint density at radius 2 is 1.27 bits per heavy atom. The highest BCUT2D eigenvalue weighted by Gasteiger charge is 2.04. The van der Waals surface area contributed by atoms with Gasteiger partial charge in [0, 0.05) is 32.1 Å². The van der Waals surface area contributed by atoms with Crippen LogP contribution in [0, 0.1) is 0 Å². The van der Waals surface area contributed by atoms with Crippen LogP contribution < -0.4 is 0 Å². The van der Waals surface area contributed by atoms with E-state index in [9.17, 15) is 14.4 Å². The van der Waals surface area contributed by atoms with Gasteiger partial charge in [-0.1, -0.05) is 6.92 Å². The molecule has 0 aliphatic rings. The maximum atomic E-state index is 11.3. The van der Waals surface area contributed by atoms with Crippen molar-refractivity contribution >= 4 is 17.3 Å². The van der Waals surface area contributed by atoms with Gasteiger partial charge < -0.3 is 4.79 Å². The molecule has 0 unspecified atom stereocenters. The van der Waals surface area contributed by atoms with Crippen molar-refractivity contribution in [2.24, 2.45) is 0 Å². The number of Topliss-reactive ketones (excluding diaryl/α,β-unsaturated/α-hetero) is 3. The first-order valence-electron chi connectivity index (χ1n) is 5.59. The minimum Gasteiger partial charge on any atom is -0.300 e. The lowest BCUT2D eigenvalue weighted by molar-refractivity contribution is -0.120.